The maximum absolute atomic E-state index is 13.2. The van der Waals surface area contributed by atoms with E-state index in [9.17, 15) is 9.18 Å². The van der Waals surface area contributed by atoms with E-state index in [1.165, 1.54) is 6.21 Å². The number of nitrogens with one attached hydrogen (secondary N) is 1. The number of nitrogens with zero attached hydrogens (tertiary/aromatic N) is 3. The van der Waals surface area contributed by atoms with Crippen LogP contribution in [0.4, 0.5) is 4.39 Å². The number of benzene rings is 1. The number of halogens is 1. The van der Waals surface area contributed by atoms with Gasteiger partial charge >= 0.3 is 6.09 Å². The van der Waals surface area contributed by atoms with Gasteiger partial charge in [0.2, 0.25) is 5.91 Å². The van der Waals surface area contributed by atoms with Crippen LogP contribution in [0, 0.1) is 5.92 Å². The Bertz CT molecular complexity index is 928. The monoisotopic (exact) mass is 460 g/mol. The Kier molecular flexibility index (Phi) is 9.88. The average Bonchev–Trinajstić information content (AvgIpc) is 3.53. The fraction of sp³-hybridized carbons (Fsp3) is 0.391. The maximum Gasteiger partial charge on any atom is 0.303 e. The van der Waals surface area contributed by atoms with E-state index in [-0.39, 0.29) is 30.9 Å². The van der Waals surface area contributed by atoms with Crippen molar-refractivity contribution < 1.29 is 18.7 Å². The second-order valence-electron chi connectivity index (χ2n) is 7.19. The van der Waals surface area contributed by atoms with Crippen LogP contribution in [0.15, 0.2) is 63.0 Å². The van der Waals surface area contributed by atoms with Gasteiger partial charge in [-0.1, -0.05) is 24.8 Å². The fourth-order valence-corrected chi connectivity index (χ4v) is 3.27. The molecule has 32 heavy (non-hydrogen) atoms. The van der Waals surface area contributed by atoms with Gasteiger partial charge in [-0.3, -0.25) is 4.79 Å². The number of aliphatic imine (C=N–C) groups is 3. The van der Waals surface area contributed by atoms with Gasteiger partial charge in [0.05, 0.1) is 26.2 Å². The summed E-state index contributed by atoms with van der Waals surface area (Å²) in [6.07, 6.45) is 4.63. The third kappa shape index (κ3) is 7.18. The van der Waals surface area contributed by atoms with Crippen LogP contribution in [-0.2, 0) is 14.9 Å². The molecule has 172 valence electrons. The van der Waals surface area contributed by atoms with Crippen molar-refractivity contribution in [3.8, 4) is 5.75 Å². The van der Waals surface area contributed by atoms with Gasteiger partial charge in [-0.05, 0) is 43.3 Å². The number of ether oxygens (including phenoxy) is 2. The molecule has 1 N–H and O–H groups in total. The van der Waals surface area contributed by atoms with E-state index >= 15 is 0 Å². The van der Waals surface area contributed by atoms with Crippen LogP contribution >= 0.6 is 9.24 Å². The number of hydrogen-bond acceptors (Lipinski definition) is 5. The molecule has 3 unspecified atom stereocenters. The van der Waals surface area contributed by atoms with Gasteiger partial charge in [-0.15, -0.1) is 9.24 Å². The van der Waals surface area contributed by atoms with Crippen molar-refractivity contribution in [1.82, 2.24) is 5.32 Å². The van der Waals surface area contributed by atoms with Crippen molar-refractivity contribution in [3.63, 3.8) is 0 Å². The molecule has 1 fully saturated rings. The lowest BCUT2D eigenvalue weighted by Gasteiger charge is -2.18. The molecule has 1 aliphatic carbocycles. The minimum atomic E-state index is -0.782. The van der Waals surface area contributed by atoms with Crippen LogP contribution in [-0.4, -0.2) is 51.3 Å². The van der Waals surface area contributed by atoms with E-state index in [4.69, 9.17) is 9.47 Å². The average molecular weight is 460 g/mol. The minimum Gasteiger partial charge on any atom is -0.497 e. The molecule has 0 saturated heterocycles. The lowest BCUT2D eigenvalue weighted by Crippen LogP contribution is -2.29. The van der Waals surface area contributed by atoms with E-state index in [2.05, 4.69) is 36.1 Å². The van der Waals surface area contributed by atoms with Crippen LogP contribution in [0.2, 0.25) is 0 Å². The Labute approximate surface area is 190 Å². The highest BCUT2D eigenvalue weighted by Gasteiger charge is 2.59. The number of carbonyl (C=O) groups excluding carboxylic acids is 1. The molecule has 2 rings (SSSR count). The fourth-order valence-electron chi connectivity index (χ4n) is 3.20. The molecule has 1 saturated carbocycles. The number of methoxy groups -OCH3 is 1. The van der Waals surface area contributed by atoms with Gasteiger partial charge in [0.1, 0.15) is 11.6 Å². The first-order valence-corrected chi connectivity index (χ1v) is 10.8. The number of allylic oxidation sites excluding steroid dienone is 2. The second kappa shape index (κ2) is 12.4. The molecule has 0 spiro atoms. The highest BCUT2D eigenvalue weighted by molar-refractivity contribution is 7.24. The third-order valence-corrected chi connectivity index (χ3v) is 5.55. The maximum atomic E-state index is 13.2. The Morgan fingerprint density at radius 2 is 2.09 bits per heavy atom. The molecule has 1 amide bonds. The standard InChI is InChI=1S/C23H30FN4O3P/c1-5-19(32)14-27-16(3)28-21(29)20-13-23(20,17-7-9-18(30-4)10-8-17)15-31-12-11-26-22(24)25-6-2/h5,7-11,14,20H,3,6,12-13,15,32H2,1-2,4H3,(H,28,29)/b19-5+,25-22?,26-11-,27-14-. The molecule has 0 heterocycles. The van der Waals surface area contributed by atoms with E-state index < -0.39 is 11.5 Å². The summed E-state index contributed by atoms with van der Waals surface area (Å²) in [7, 11) is 4.14. The van der Waals surface area contributed by atoms with Crippen LogP contribution in [0.25, 0.3) is 0 Å². The zero-order valence-corrected chi connectivity index (χ0v) is 19.8. The molecule has 1 aromatic rings. The number of hydrogen-bond donors (Lipinski definition) is 1. The summed E-state index contributed by atoms with van der Waals surface area (Å²) in [5, 5.41) is 3.64. The smallest absolute Gasteiger partial charge is 0.303 e. The Morgan fingerprint density at radius 3 is 2.72 bits per heavy atom. The summed E-state index contributed by atoms with van der Waals surface area (Å²) in [6, 6.07) is 7.56. The molecule has 0 radical (unpaired) electrons. The summed E-state index contributed by atoms with van der Waals surface area (Å²) in [6.45, 7) is 8.12. The van der Waals surface area contributed by atoms with Crippen LogP contribution in [0.3, 0.4) is 0 Å². The Morgan fingerprint density at radius 1 is 1.38 bits per heavy atom. The number of rotatable bonds is 11. The first-order valence-electron chi connectivity index (χ1n) is 10.3. The number of amidine groups is 1. The summed E-state index contributed by atoms with van der Waals surface area (Å²) in [5.41, 5.74) is 0.462. The minimum absolute atomic E-state index is 0.107. The Hall–Kier alpha value is -2.70. The largest absolute Gasteiger partial charge is 0.497 e. The van der Waals surface area contributed by atoms with Crippen molar-refractivity contribution in [3.05, 3.63) is 53.6 Å². The van der Waals surface area contributed by atoms with E-state index in [0.717, 1.165) is 16.6 Å². The summed E-state index contributed by atoms with van der Waals surface area (Å²) >= 11 is 0. The van der Waals surface area contributed by atoms with Gasteiger partial charge in [0, 0.05) is 24.4 Å². The van der Waals surface area contributed by atoms with Crippen LogP contribution in [0.5, 0.6) is 5.75 Å². The lowest BCUT2D eigenvalue weighted by molar-refractivity contribution is -0.122. The molecule has 9 heteroatoms. The van der Waals surface area contributed by atoms with Gasteiger partial charge in [-0.2, -0.15) is 4.39 Å². The van der Waals surface area contributed by atoms with Crippen LogP contribution < -0.4 is 10.1 Å². The van der Waals surface area contributed by atoms with Gasteiger partial charge in [0.25, 0.3) is 0 Å². The SMILES string of the molecule is C=C(/N=C\C(P)=C/C)NC(=O)C1CC1(COC/C=N\C(F)=NCC)c1ccc(OC)cc1. The first kappa shape index (κ1) is 25.6. The molecule has 1 aliphatic rings. The summed E-state index contributed by atoms with van der Waals surface area (Å²) in [4.78, 5) is 24.1. The summed E-state index contributed by atoms with van der Waals surface area (Å²) < 4.78 is 24.2. The predicted octanol–water partition coefficient (Wildman–Crippen LogP) is 3.82. The highest BCUT2D eigenvalue weighted by atomic mass is 31.0. The molecule has 1 aromatic carbocycles. The van der Waals surface area contributed by atoms with Gasteiger partial charge in [0.15, 0.2) is 0 Å². The first-order chi connectivity index (χ1) is 15.4. The predicted molar refractivity (Wildman–Crippen MR) is 130 cm³/mol. The third-order valence-electron chi connectivity index (χ3n) is 5.07. The van der Waals surface area contributed by atoms with Gasteiger partial charge < -0.3 is 14.8 Å². The molecule has 0 aromatic heterocycles. The zero-order chi connectivity index (χ0) is 23.6. The number of carbonyl (C=O) groups is 1. The summed E-state index contributed by atoms with van der Waals surface area (Å²) in [5.74, 6) is 0.512. The molecule has 0 aliphatic heterocycles. The van der Waals surface area contributed by atoms with Crippen molar-refractivity contribution >= 4 is 33.7 Å². The Balaban J connectivity index is 2.08. The number of amides is 1. The molecular weight excluding hydrogens is 430 g/mol. The normalized spacial score (nSPS) is 21.2. The van der Waals surface area contributed by atoms with Crippen LogP contribution in [0.1, 0.15) is 25.8 Å². The molecule has 7 nitrogen and oxygen atoms in total. The van der Waals surface area contributed by atoms with Gasteiger partial charge in [-0.25, -0.2) is 15.0 Å². The van der Waals surface area contributed by atoms with E-state index in [1.807, 2.05) is 37.3 Å². The van der Waals surface area contributed by atoms with E-state index in [1.54, 1.807) is 20.2 Å². The van der Waals surface area contributed by atoms with Crippen molar-refractivity contribution in [2.45, 2.75) is 25.7 Å². The quantitative estimate of drug-likeness (QED) is 0.179. The van der Waals surface area contributed by atoms with Crippen molar-refractivity contribution in [1.29, 1.82) is 0 Å². The topological polar surface area (TPSA) is 84.6 Å². The molecule has 0 bridgehead atoms. The van der Waals surface area contributed by atoms with Crippen molar-refractivity contribution in [2.24, 2.45) is 20.9 Å². The lowest BCUT2D eigenvalue weighted by atomic mass is 9.93. The molecular formula is C23H30FN4O3P. The molecule has 3 atom stereocenters. The highest BCUT2D eigenvalue weighted by Crippen LogP contribution is 2.55. The van der Waals surface area contributed by atoms with Crippen molar-refractivity contribution in [2.75, 3.05) is 26.9 Å². The zero-order valence-electron chi connectivity index (χ0n) is 18.7. The second-order valence-corrected chi connectivity index (χ2v) is 7.86. The van der Waals surface area contributed by atoms with E-state index in [0.29, 0.717) is 13.0 Å².